The number of amides is 4. The predicted molar refractivity (Wildman–Crippen MR) is 134 cm³/mol. The number of nitrogens with one attached hydrogen (secondary N) is 3. The van der Waals surface area contributed by atoms with Gasteiger partial charge in [-0.05, 0) is 69.6 Å². The van der Waals surface area contributed by atoms with E-state index in [-0.39, 0.29) is 41.5 Å². The number of carbonyl (C=O) groups excluding carboxylic acids is 3. The van der Waals surface area contributed by atoms with Crippen LogP contribution in [0.15, 0.2) is 29.1 Å². The number of carbonyl (C=O) groups is 3. The van der Waals surface area contributed by atoms with Crippen molar-refractivity contribution in [1.29, 1.82) is 0 Å². The fourth-order valence-corrected chi connectivity index (χ4v) is 6.49. The summed E-state index contributed by atoms with van der Waals surface area (Å²) in [5.74, 6) is -0.576. The van der Waals surface area contributed by atoms with Gasteiger partial charge in [-0.15, -0.1) is 0 Å². The highest BCUT2D eigenvalue weighted by atomic mass is 16.2. The summed E-state index contributed by atoms with van der Waals surface area (Å²) >= 11 is 0. The Kier molecular flexibility index (Phi) is 5.81. The van der Waals surface area contributed by atoms with E-state index in [0.717, 1.165) is 63.7 Å². The van der Waals surface area contributed by atoms with Crippen LogP contribution in [0, 0.1) is 5.92 Å². The van der Waals surface area contributed by atoms with Gasteiger partial charge in [-0.3, -0.25) is 14.2 Å². The van der Waals surface area contributed by atoms with E-state index in [1.807, 2.05) is 4.90 Å². The Balaban J connectivity index is 1.14. The van der Waals surface area contributed by atoms with Crippen molar-refractivity contribution in [2.24, 2.45) is 5.92 Å². The molecule has 3 atom stereocenters. The molecule has 2 aromatic rings. The molecule has 190 valence electrons. The molecule has 1 aromatic carbocycles. The first kappa shape index (κ1) is 22.9. The normalized spacial score (nSPS) is 24.6. The van der Waals surface area contributed by atoms with Crippen molar-refractivity contribution in [3.63, 3.8) is 0 Å². The summed E-state index contributed by atoms with van der Waals surface area (Å²) in [6.45, 7) is 2.18. The average molecular weight is 493 g/mol. The lowest BCUT2D eigenvalue weighted by Crippen LogP contribution is -2.39. The third-order valence-corrected chi connectivity index (χ3v) is 8.23. The van der Waals surface area contributed by atoms with Crippen molar-refractivity contribution in [1.82, 2.24) is 19.4 Å². The van der Waals surface area contributed by atoms with Gasteiger partial charge in [0.15, 0.2) is 0 Å². The number of hydrogen-bond acceptors (Lipinski definition) is 4. The summed E-state index contributed by atoms with van der Waals surface area (Å²) in [6, 6.07) is 6.89. The van der Waals surface area contributed by atoms with Crippen molar-refractivity contribution in [2.45, 2.75) is 70.0 Å². The summed E-state index contributed by atoms with van der Waals surface area (Å²) in [5, 5.41) is 5.91. The Morgan fingerprint density at radius 2 is 1.69 bits per heavy atom. The van der Waals surface area contributed by atoms with E-state index in [9.17, 15) is 19.2 Å². The van der Waals surface area contributed by atoms with Crippen LogP contribution in [0.2, 0.25) is 0 Å². The molecule has 1 aromatic heterocycles. The third kappa shape index (κ3) is 3.98. The van der Waals surface area contributed by atoms with Crippen LogP contribution < -0.4 is 16.3 Å². The minimum Gasteiger partial charge on any atom is -0.331 e. The van der Waals surface area contributed by atoms with E-state index in [1.165, 1.54) is 0 Å². The van der Waals surface area contributed by atoms with Crippen molar-refractivity contribution in [2.75, 3.05) is 23.7 Å². The van der Waals surface area contributed by atoms with Gasteiger partial charge in [0.25, 0.3) is 5.91 Å². The zero-order chi connectivity index (χ0) is 24.8. The predicted octanol–water partition coefficient (Wildman–Crippen LogP) is 2.77. The quantitative estimate of drug-likeness (QED) is 0.608. The number of benzene rings is 1. The van der Waals surface area contributed by atoms with E-state index < -0.39 is 0 Å². The molecule has 2 bridgehead atoms. The van der Waals surface area contributed by atoms with Crippen molar-refractivity contribution in [3.8, 4) is 0 Å². The second-order valence-electron chi connectivity index (χ2n) is 10.4. The van der Waals surface area contributed by atoms with Gasteiger partial charge in [0.1, 0.15) is 5.69 Å². The summed E-state index contributed by atoms with van der Waals surface area (Å²) in [7, 11) is 0. The smallest absolute Gasteiger partial charge is 0.326 e. The molecule has 4 amide bonds. The summed E-state index contributed by atoms with van der Waals surface area (Å²) in [6.07, 6.45) is 6.95. The molecule has 0 spiro atoms. The summed E-state index contributed by atoms with van der Waals surface area (Å²) in [4.78, 5) is 58.1. The maximum absolute atomic E-state index is 13.5. The zero-order valence-corrected chi connectivity index (χ0v) is 20.3. The Morgan fingerprint density at radius 3 is 2.50 bits per heavy atom. The number of imidazole rings is 1. The van der Waals surface area contributed by atoms with Crippen LogP contribution in [-0.2, 0) is 17.8 Å². The summed E-state index contributed by atoms with van der Waals surface area (Å²) in [5.41, 5.74) is 2.24. The molecule has 10 nitrogen and oxygen atoms in total. The maximum Gasteiger partial charge on any atom is 0.326 e. The zero-order valence-electron chi connectivity index (χ0n) is 20.3. The highest BCUT2D eigenvalue weighted by Gasteiger charge is 2.52. The molecule has 0 saturated carbocycles. The first-order valence-corrected chi connectivity index (χ1v) is 13.1. The minimum atomic E-state index is -0.305. The van der Waals surface area contributed by atoms with Gasteiger partial charge >= 0.3 is 11.7 Å². The number of hydrogen-bond donors (Lipinski definition) is 3. The molecule has 3 saturated heterocycles. The van der Waals surface area contributed by atoms with Crippen molar-refractivity contribution in [3.05, 3.63) is 46.1 Å². The molecule has 5 heterocycles. The van der Waals surface area contributed by atoms with Crippen LogP contribution in [0.4, 0.5) is 16.2 Å². The molecule has 3 unspecified atom stereocenters. The molecule has 36 heavy (non-hydrogen) atoms. The first-order valence-electron chi connectivity index (χ1n) is 13.1. The number of likely N-dealkylation sites (tertiary alicyclic amines) is 1. The van der Waals surface area contributed by atoms with Gasteiger partial charge in [-0.1, -0.05) is 6.07 Å². The second kappa shape index (κ2) is 9.15. The largest absolute Gasteiger partial charge is 0.331 e. The van der Waals surface area contributed by atoms with Gasteiger partial charge in [0.05, 0.1) is 11.6 Å². The summed E-state index contributed by atoms with van der Waals surface area (Å²) < 4.78 is 1.69. The van der Waals surface area contributed by atoms with Crippen LogP contribution in [-0.4, -0.2) is 62.4 Å². The van der Waals surface area contributed by atoms with Crippen LogP contribution in [0.1, 0.15) is 61.1 Å². The SMILES string of the molecule is O=C(Nc1cccc(NC(=O)N2CCCC2)c1)C1CC2CCC1N2C(=O)c1[nH]c(=O)n2c1CCCC2. The molecule has 0 aliphatic carbocycles. The van der Waals surface area contributed by atoms with Gasteiger partial charge < -0.3 is 25.4 Å². The van der Waals surface area contributed by atoms with E-state index in [0.29, 0.717) is 30.0 Å². The van der Waals surface area contributed by atoms with Crippen molar-refractivity contribution >= 4 is 29.2 Å². The van der Waals surface area contributed by atoms with Gasteiger partial charge in [-0.2, -0.15) is 0 Å². The molecule has 3 N–H and O–H groups in total. The lowest BCUT2D eigenvalue weighted by molar-refractivity contribution is -0.120. The number of fused-ring (bicyclic) bond motifs is 3. The number of anilines is 2. The molecule has 10 heteroatoms. The van der Waals surface area contributed by atoms with E-state index in [2.05, 4.69) is 15.6 Å². The number of H-pyrrole nitrogens is 1. The van der Waals surface area contributed by atoms with E-state index in [1.54, 1.807) is 33.7 Å². The van der Waals surface area contributed by atoms with Gasteiger partial charge in [0, 0.05) is 43.1 Å². The fourth-order valence-electron chi connectivity index (χ4n) is 6.49. The lowest BCUT2D eigenvalue weighted by Gasteiger charge is -2.24. The molecule has 4 aliphatic heterocycles. The Labute approximate surface area is 209 Å². The van der Waals surface area contributed by atoms with Crippen molar-refractivity contribution < 1.29 is 14.4 Å². The molecular formula is C26H32N6O4. The molecular weight excluding hydrogens is 460 g/mol. The van der Waals surface area contributed by atoms with Gasteiger partial charge in [0.2, 0.25) is 5.91 Å². The van der Waals surface area contributed by atoms with Gasteiger partial charge in [-0.25, -0.2) is 9.59 Å². The third-order valence-electron chi connectivity index (χ3n) is 8.23. The van der Waals surface area contributed by atoms with Crippen LogP contribution >= 0.6 is 0 Å². The van der Waals surface area contributed by atoms with Crippen LogP contribution in [0.5, 0.6) is 0 Å². The number of nitrogens with zero attached hydrogens (tertiary/aromatic N) is 3. The molecule has 4 aliphatic rings. The van der Waals surface area contributed by atoms with E-state index in [4.69, 9.17) is 0 Å². The Hall–Kier alpha value is -3.56. The van der Waals surface area contributed by atoms with E-state index >= 15 is 0 Å². The minimum absolute atomic E-state index is 0.00646. The fraction of sp³-hybridized carbons (Fsp3) is 0.538. The highest BCUT2D eigenvalue weighted by molar-refractivity contribution is 5.98. The topological polar surface area (TPSA) is 120 Å². The number of aromatic nitrogens is 2. The Bertz CT molecular complexity index is 1260. The highest BCUT2D eigenvalue weighted by Crippen LogP contribution is 2.43. The number of aromatic amines is 1. The molecule has 3 fully saturated rings. The average Bonchev–Trinajstić information content (AvgIpc) is 3.68. The number of urea groups is 1. The standard InChI is InChI=1S/C26H32N6O4/c33-23(27-16-6-5-7-17(14-16)28-25(35)30-11-3-4-12-30)19-15-18-9-10-20(19)32(18)24(34)22-21-8-1-2-13-31(21)26(36)29-22/h5-7,14,18-20H,1-4,8-13,15H2,(H,27,33)(H,28,35)(H,29,36). The molecule has 6 rings (SSSR count). The maximum atomic E-state index is 13.5. The number of rotatable bonds is 4. The lowest BCUT2D eigenvalue weighted by atomic mass is 9.88. The monoisotopic (exact) mass is 492 g/mol. The molecule has 0 radical (unpaired) electrons. The van der Waals surface area contributed by atoms with Crippen LogP contribution in [0.3, 0.4) is 0 Å². The first-order chi connectivity index (χ1) is 17.5. The Morgan fingerprint density at radius 1 is 0.944 bits per heavy atom. The van der Waals surface area contributed by atoms with Crippen LogP contribution in [0.25, 0.3) is 0 Å². The second-order valence-corrected chi connectivity index (χ2v) is 10.4.